The average molecular weight is 227 g/mol. The van der Waals surface area contributed by atoms with Crippen molar-refractivity contribution in [2.24, 2.45) is 0 Å². The van der Waals surface area contributed by atoms with Crippen LogP contribution in [0.25, 0.3) is 0 Å². The van der Waals surface area contributed by atoms with Gasteiger partial charge in [-0.3, -0.25) is 4.68 Å². The van der Waals surface area contributed by atoms with Crippen LogP contribution in [0.4, 0.5) is 0 Å². The Morgan fingerprint density at radius 2 is 2.50 bits per heavy atom. The number of allylic oxidation sites excluding steroid dienone is 2. The molecular formula is C9H11BrN2. The molecule has 64 valence electrons. The minimum Gasteiger partial charge on any atom is -0.265 e. The fourth-order valence-electron chi connectivity index (χ4n) is 1.51. The Balaban J connectivity index is 2.18. The standard InChI is InChI=1S/C9H11BrN2/c10-8-6-11-12(7-8)9-4-2-1-3-5-9/h2,4,6-7,9H,1,3,5H2. The average Bonchev–Trinajstić information content (AvgIpc) is 2.54. The minimum atomic E-state index is 0.477. The molecule has 12 heavy (non-hydrogen) atoms. The third-order valence-electron chi connectivity index (χ3n) is 2.14. The summed E-state index contributed by atoms with van der Waals surface area (Å²) in [5, 5.41) is 4.26. The molecule has 1 aromatic heterocycles. The summed E-state index contributed by atoms with van der Waals surface area (Å²) in [4.78, 5) is 0. The summed E-state index contributed by atoms with van der Waals surface area (Å²) in [6.45, 7) is 0. The van der Waals surface area contributed by atoms with Crippen molar-refractivity contribution in [2.45, 2.75) is 25.3 Å². The number of hydrogen-bond donors (Lipinski definition) is 0. The first-order valence-electron chi connectivity index (χ1n) is 4.22. The molecule has 0 fully saturated rings. The van der Waals surface area contributed by atoms with Crippen LogP contribution in [0.1, 0.15) is 25.3 Å². The molecule has 1 aliphatic carbocycles. The smallest absolute Gasteiger partial charge is 0.0699 e. The molecule has 1 atom stereocenters. The van der Waals surface area contributed by atoms with Crippen molar-refractivity contribution >= 4 is 15.9 Å². The Morgan fingerprint density at radius 1 is 1.58 bits per heavy atom. The van der Waals surface area contributed by atoms with Crippen LogP contribution >= 0.6 is 15.9 Å². The van der Waals surface area contributed by atoms with Gasteiger partial charge in [0.1, 0.15) is 0 Å². The molecule has 0 spiro atoms. The Hall–Kier alpha value is -0.570. The summed E-state index contributed by atoms with van der Waals surface area (Å²) in [7, 11) is 0. The number of rotatable bonds is 1. The minimum absolute atomic E-state index is 0.477. The second-order valence-corrected chi connectivity index (χ2v) is 3.98. The second kappa shape index (κ2) is 3.44. The predicted molar refractivity (Wildman–Crippen MR) is 52.0 cm³/mol. The SMILES string of the molecule is Brc1cnn(C2C=CCCC2)c1. The van der Waals surface area contributed by atoms with E-state index in [-0.39, 0.29) is 0 Å². The van der Waals surface area contributed by atoms with Crippen molar-refractivity contribution in [3.8, 4) is 0 Å². The highest BCUT2D eigenvalue weighted by atomic mass is 79.9. The fraction of sp³-hybridized carbons (Fsp3) is 0.444. The van der Waals surface area contributed by atoms with Gasteiger partial charge < -0.3 is 0 Å². The molecular weight excluding hydrogens is 216 g/mol. The van der Waals surface area contributed by atoms with Gasteiger partial charge in [0.15, 0.2) is 0 Å². The number of halogens is 1. The van der Waals surface area contributed by atoms with E-state index in [1.54, 1.807) is 0 Å². The summed E-state index contributed by atoms with van der Waals surface area (Å²) in [6, 6.07) is 0.477. The topological polar surface area (TPSA) is 17.8 Å². The third-order valence-corrected chi connectivity index (χ3v) is 2.55. The zero-order chi connectivity index (χ0) is 8.39. The summed E-state index contributed by atoms with van der Waals surface area (Å²) in [6.07, 6.45) is 12.1. The summed E-state index contributed by atoms with van der Waals surface area (Å²) in [5.41, 5.74) is 0. The van der Waals surface area contributed by atoms with E-state index in [0.29, 0.717) is 6.04 Å². The van der Waals surface area contributed by atoms with Gasteiger partial charge in [-0.05, 0) is 35.2 Å². The van der Waals surface area contributed by atoms with Crippen molar-refractivity contribution in [1.29, 1.82) is 0 Å². The lowest BCUT2D eigenvalue weighted by Crippen LogP contribution is -2.08. The second-order valence-electron chi connectivity index (χ2n) is 3.06. The highest BCUT2D eigenvalue weighted by Gasteiger charge is 2.10. The van der Waals surface area contributed by atoms with Crippen molar-refractivity contribution in [3.05, 3.63) is 29.0 Å². The highest BCUT2D eigenvalue weighted by molar-refractivity contribution is 9.10. The van der Waals surface area contributed by atoms with E-state index in [2.05, 4.69) is 33.2 Å². The lowest BCUT2D eigenvalue weighted by Gasteiger charge is -2.16. The number of nitrogens with zero attached hydrogens (tertiary/aromatic N) is 2. The van der Waals surface area contributed by atoms with Gasteiger partial charge in [-0.2, -0.15) is 5.10 Å². The van der Waals surface area contributed by atoms with Gasteiger partial charge >= 0.3 is 0 Å². The van der Waals surface area contributed by atoms with Gasteiger partial charge in [0.2, 0.25) is 0 Å². The molecule has 3 heteroatoms. The zero-order valence-corrected chi connectivity index (χ0v) is 8.37. The van der Waals surface area contributed by atoms with E-state index in [9.17, 15) is 0 Å². The fourth-order valence-corrected chi connectivity index (χ4v) is 1.81. The van der Waals surface area contributed by atoms with Crippen LogP contribution in [0.2, 0.25) is 0 Å². The maximum atomic E-state index is 4.26. The summed E-state index contributed by atoms with van der Waals surface area (Å²) in [5.74, 6) is 0. The molecule has 0 aromatic carbocycles. The van der Waals surface area contributed by atoms with Crippen LogP contribution in [0.3, 0.4) is 0 Å². The molecule has 0 saturated heterocycles. The van der Waals surface area contributed by atoms with Crippen molar-refractivity contribution in [1.82, 2.24) is 9.78 Å². The number of hydrogen-bond acceptors (Lipinski definition) is 1. The van der Waals surface area contributed by atoms with Gasteiger partial charge in [-0.1, -0.05) is 12.2 Å². The third kappa shape index (κ3) is 1.61. The zero-order valence-electron chi connectivity index (χ0n) is 6.78. The van der Waals surface area contributed by atoms with Crippen LogP contribution < -0.4 is 0 Å². The van der Waals surface area contributed by atoms with Crippen molar-refractivity contribution < 1.29 is 0 Å². The molecule has 1 aliphatic rings. The summed E-state index contributed by atoms with van der Waals surface area (Å²) < 4.78 is 3.07. The predicted octanol–water partition coefficient (Wildman–Crippen LogP) is 2.93. The maximum Gasteiger partial charge on any atom is 0.0699 e. The lowest BCUT2D eigenvalue weighted by molar-refractivity contribution is 0.474. The molecule has 2 nitrogen and oxygen atoms in total. The van der Waals surface area contributed by atoms with E-state index in [1.165, 1.54) is 19.3 Å². The van der Waals surface area contributed by atoms with Crippen molar-refractivity contribution in [2.75, 3.05) is 0 Å². The first kappa shape index (κ1) is 8.05. The van der Waals surface area contributed by atoms with Gasteiger partial charge in [0.25, 0.3) is 0 Å². The summed E-state index contributed by atoms with van der Waals surface area (Å²) >= 11 is 3.39. The van der Waals surface area contributed by atoms with E-state index >= 15 is 0 Å². The molecule has 0 saturated carbocycles. The van der Waals surface area contributed by atoms with E-state index in [0.717, 1.165) is 4.47 Å². The quantitative estimate of drug-likeness (QED) is 0.674. The number of aromatic nitrogens is 2. The van der Waals surface area contributed by atoms with Gasteiger partial charge in [-0.15, -0.1) is 0 Å². The maximum absolute atomic E-state index is 4.26. The van der Waals surface area contributed by atoms with Gasteiger partial charge in [0, 0.05) is 6.20 Å². The van der Waals surface area contributed by atoms with Crippen LogP contribution in [0.15, 0.2) is 29.0 Å². The van der Waals surface area contributed by atoms with Crippen molar-refractivity contribution in [3.63, 3.8) is 0 Å². The van der Waals surface area contributed by atoms with Gasteiger partial charge in [-0.25, -0.2) is 0 Å². The molecule has 0 bridgehead atoms. The first-order valence-corrected chi connectivity index (χ1v) is 5.02. The molecule has 0 radical (unpaired) electrons. The van der Waals surface area contributed by atoms with Crippen LogP contribution in [-0.4, -0.2) is 9.78 Å². The van der Waals surface area contributed by atoms with Crippen LogP contribution in [-0.2, 0) is 0 Å². The molecule has 1 unspecified atom stereocenters. The van der Waals surface area contributed by atoms with E-state index in [4.69, 9.17) is 0 Å². The van der Waals surface area contributed by atoms with Gasteiger partial charge in [0.05, 0.1) is 16.7 Å². The Kier molecular flexibility index (Phi) is 2.30. The molecule has 0 N–H and O–H groups in total. The van der Waals surface area contributed by atoms with Crippen LogP contribution in [0.5, 0.6) is 0 Å². The monoisotopic (exact) mass is 226 g/mol. The molecule has 1 aromatic rings. The highest BCUT2D eigenvalue weighted by Crippen LogP contribution is 2.22. The van der Waals surface area contributed by atoms with Crippen LogP contribution in [0, 0.1) is 0 Å². The Bertz CT molecular complexity index is 290. The van der Waals surface area contributed by atoms with E-state index < -0.39 is 0 Å². The molecule has 0 amide bonds. The molecule has 1 heterocycles. The largest absolute Gasteiger partial charge is 0.265 e. The molecule has 0 aliphatic heterocycles. The normalized spacial score (nSPS) is 22.9. The lowest BCUT2D eigenvalue weighted by atomic mass is 10.0. The Labute approximate surface area is 80.4 Å². The van der Waals surface area contributed by atoms with E-state index in [1.807, 2.05) is 17.1 Å². The Morgan fingerprint density at radius 3 is 3.08 bits per heavy atom. The first-order chi connectivity index (χ1) is 5.86. The molecule has 2 rings (SSSR count).